The lowest BCUT2D eigenvalue weighted by atomic mass is 10.1. The number of aromatic amines is 1. The number of fused-ring (bicyclic) bond motifs is 2. The van der Waals surface area contributed by atoms with Gasteiger partial charge in [0.05, 0.1) is 53.2 Å². The fraction of sp³-hybridized carbons (Fsp3) is 0.0690. The van der Waals surface area contributed by atoms with Crippen LogP contribution in [0, 0.1) is 0 Å². The van der Waals surface area contributed by atoms with Crippen LogP contribution < -0.4 is 5.32 Å². The second-order valence-electron chi connectivity index (χ2n) is 9.03. The monoisotopic (exact) mass is 513 g/mol. The number of benzene rings is 2. The molecule has 5 aromatic heterocycles. The van der Waals surface area contributed by atoms with Gasteiger partial charge >= 0.3 is 0 Å². The number of hydrogen-bond donors (Lipinski definition) is 3. The van der Waals surface area contributed by atoms with Crippen LogP contribution in [0.15, 0.2) is 97.6 Å². The number of aliphatic hydroxyl groups is 1. The van der Waals surface area contributed by atoms with Crippen molar-refractivity contribution in [2.45, 2.75) is 6.54 Å². The molecule has 5 heterocycles. The van der Waals surface area contributed by atoms with E-state index in [1.54, 1.807) is 23.3 Å². The highest BCUT2D eigenvalue weighted by atomic mass is 16.3. The molecule has 0 unspecified atom stereocenters. The summed E-state index contributed by atoms with van der Waals surface area (Å²) in [6, 6.07) is 24.0. The number of aliphatic hydroxyl groups excluding tert-OH is 1. The van der Waals surface area contributed by atoms with Gasteiger partial charge in [-0.25, -0.2) is 19.9 Å². The van der Waals surface area contributed by atoms with E-state index in [9.17, 15) is 0 Å². The Bertz CT molecular complexity index is 1920. The summed E-state index contributed by atoms with van der Waals surface area (Å²) in [5, 5.41) is 16.6. The van der Waals surface area contributed by atoms with Crippen molar-refractivity contribution in [1.82, 2.24) is 39.1 Å². The molecule has 39 heavy (non-hydrogen) atoms. The lowest BCUT2D eigenvalue weighted by Gasteiger charge is -2.07. The number of nitrogens with one attached hydrogen (secondary N) is 2. The van der Waals surface area contributed by atoms with Crippen LogP contribution in [-0.4, -0.2) is 50.8 Å². The Morgan fingerprint density at radius 3 is 2.69 bits per heavy atom. The van der Waals surface area contributed by atoms with Gasteiger partial charge < -0.3 is 15.4 Å². The van der Waals surface area contributed by atoms with Crippen LogP contribution >= 0.6 is 0 Å². The molecule has 0 saturated heterocycles. The Labute approximate surface area is 222 Å². The second kappa shape index (κ2) is 9.51. The summed E-state index contributed by atoms with van der Waals surface area (Å²) in [5.74, 6) is 1.26. The molecule has 0 saturated carbocycles. The smallest absolute Gasteiger partial charge is 0.227 e. The van der Waals surface area contributed by atoms with Crippen molar-refractivity contribution in [2.24, 2.45) is 0 Å². The molecule has 2 aromatic carbocycles. The summed E-state index contributed by atoms with van der Waals surface area (Å²) in [6.07, 6.45) is 7.18. The van der Waals surface area contributed by atoms with Crippen molar-refractivity contribution >= 4 is 28.3 Å². The van der Waals surface area contributed by atoms with Gasteiger partial charge in [-0.1, -0.05) is 42.5 Å². The lowest BCUT2D eigenvalue weighted by Crippen LogP contribution is -2.02. The highest BCUT2D eigenvalue weighted by molar-refractivity contribution is 5.88. The van der Waals surface area contributed by atoms with Gasteiger partial charge in [-0.05, 0) is 30.3 Å². The summed E-state index contributed by atoms with van der Waals surface area (Å²) in [7, 11) is 0. The first-order chi connectivity index (χ1) is 19.2. The molecule has 0 radical (unpaired) electrons. The van der Waals surface area contributed by atoms with E-state index in [1.165, 1.54) is 0 Å². The molecule has 0 fully saturated rings. The van der Waals surface area contributed by atoms with Gasteiger partial charge in [0.25, 0.3) is 0 Å². The van der Waals surface area contributed by atoms with Gasteiger partial charge in [-0.15, -0.1) is 0 Å². The standard InChI is InChI=1S/C29H23N9O/c39-15-14-37-18-21(17-31-37)32-29-30-12-11-23(35-29)27-26(36-25-8-4-5-13-38(25)27)20-9-10-22-24(16-20)34-28(33-22)19-6-2-1-3-7-19/h1-13,16-18,39H,14-15H2,(H,33,34)(H,30,32,35). The van der Waals surface area contributed by atoms with Crippen molar-refractivity contribution in [3.05, 3.63) is 97.6 Å². The van der Waals surface area contributed by atoms with E-state index in [0.29, 0.717) is 12.5 Å². The SMILES string of the molecule is OCCn1cc(Nc2nccc(-c3c(-c4ccc5nc(-c6ccccc6)[nH]c5c4)nc4ccccn34)n2)cn1. The molecule has 3 N–H and O–H groups in total. The van der Waals surface area contributed by atoms with Crippen molar-refractivity contribution < 1.29 is 5.11 Å². The van der Waals surface area contributed by atoms with Crippen LogP contribution in [0.3, 0.4) is 0 Å². The zero-order valence-electron chi connectivity index (χ0n) is 20.7. The molecular formula is C29H23N9O. The highest BCUT2D eigenvalue weighted by Gasteiger charge is 2.19. The predicted octanol–water partition coefficient (Wildman–Crippen LogP) is 4.93. The number of pyridine rings is 1. The van der Waals surface area contributed by atoms with Crippen molar-refractivity contribution in [3.63, 3.8) is 0 Å². The van der Waals surface area contributed by atoms with Crippen LogP contribution in [0.4, 0.5) is 11.6 Å². The summed E-state index contributed by atoms with van der Waals surface area (Å²) < 4.78 is 3.69. The molecule has 190 valence electrons. The number of nitrogens with zero attached hydrogens (tertiary/aromatic N) is 7. The summed E-state index contributed by atoms with van der Waals surface area (Å²) in [4.78, 5) is 22.4. The van der Waals surface area contributed by atoms with Gasteiger partial charge in [0.1, 0.15) is 11.5 Å². The molecule has 0 atom stereocenters. The molecule has 7 rings (SSSR count). The van der Waals surface area contributed by atoms with Gasteiger partial charge in [-0.3, -0.25) is 9.08 Å². The lowest BCUT2D eigenvalue weighted by molar-refractivity contribution is 0.269. The Kier molecular flexibility index (Phi) is 5.56. The van der Waals surface area contributed by atoms with Crippen LogP contribution in [0.25, 0.3) is 50.7 Å². The normalized spacial score (nSPS) is 11.4. The Morgan fingerprint density at radius 1 is 0.897 bits per heavy atom. The molecule has 10 nitrogen and oxygen atoms in total. The fourth-order valence-corrected chi connectivity index (χ4v) is 4.66. The van der Waals surface area contributed by atoms with Crippen molar-refractivity contribution in [3.8, 4) is 34.0 Å². The predicted molar refractivity (Wildman–Crippen MR) is 149 cm³/mol. The number of imidazole rings is 2. The highest BCUT2D eigenvalue weighted by Crippen LogP contribution is 2.34. The third kappa shape index (κ3) is 4.28. The number of aromatic nitrogens is 8. The molecule has 0 aliphatic rings. The quantitative estimate of drug-likeness (QED) is 0.276. The Hall–Kier alpha value is -5.35. The molecule has 0 bridgehead atoms. The van der Waals surface area contributed by atoms with E-state index >= 15 is 0 Å². The third-order valence-electron chi connectivity index (χ3n) is 6.45. The number of rotatable bonds is 7. The first kappa shape index (κ1) is 22.8. The number of H-pyrrole nitrogens is 1. The van der Waals surface area contributed by atoms with E-state index < -0.39 is 0 Å². The van der Waals surface area contributed by atoms with Gasteiger partial charge in [0.2, 0.25) is 5.95 Å². The average molecular weight is 514 g/mol. The van der Waals surface area contributed by atoms with E-state index in [2.05, 4.69) is 26.4 Å². The zero-order valence-corrected chi connectivity index (χ0v) is 20.7. The molecule has 0 amide bonds. The van der Waals surface area contributed by atoms with E-state index in [4.69, 9.17) is 20.1 Å². The van der Waals surface area contributed by atoms with Gasteiger partial charge in [-0.2, -0.15) is 5.10 Å². The van der Waals surface area contributed by atoms with Crippen LogP contribution in [0.2, 0.25) is 0 Å². The fourth-order valence-electron chi connectivity index (χ4n) is 4.66. The molecule has 0 spiro atoms. The second-order valence-corrected chi connectivity index (χ2v) is 9.03. The summed E-state index contributed by atoms with van der Waals surface area (Å²) in [5.41, 5.74) is 7.73. The maximum atomic E-state index is 9.16. The third-order valence-corrected chi connectivity index (χ3v) is 6.45. The van der Waals surface area contributed by atoms with Crippen molar-refractivity contribution in [2.75, 3.05) is 11.9 Å². The Balaban J connectivity index is 1.31. The first-order valence-corrected chi connectivity index (χ1v) is 12.5. The molecule has 0 aliphatic carbocycles. The first-order valence-electron chi connectivity index (χ1n) is 12.5. The van der Waals surface area contributed by atoms with E-state index in [0.717, 1.165) is 56.4 Å². The molecular weight excluding hydrogens is 490 g/mol. The van der Waals surface area contributed by atoms with E-state index in [-0.39, 0.29) is 6.61 Å². The maximum absolute atomic E-state index is 9.16. The zero-order chi connectivity index (χ0) is 26.2. The summed E-state index contributed by atoms with van der Waals surface area (Å²) in [6.45, 7) is 0.434. The molecule has 10 heteroatoms. The Morgan fingerprint density at radius 2 is 1.79 bits per heavy atom. The van der Waals surface area contributed by atoms with Crippen LogP contribution in [0.1, 0.15) is 0 Å². The van der Waals surface area contributed by atoms with Gasteiger partial charge in [0.15, 0.2) is 0 Å². The number of anilines is 2. The van der Waals surface area contributed by atoms with Crippen LogP contribution in [0.5, 0.6) is 0 Å². The topological polar surface area (TPSA) is 122 Å². The minimum atomic E-state index is 0.0159. The average Bonchev–Trinajstić information content (AvgIpc) is 3.70. The minimum absolute atomic E-state index is 0.0159. The largest absolute Gasteiger partial charge is 0.394 e. The minimum Gasteiger partial charge on any atom is -0.394 e. The van der Waals surface area contributed by atoms with E-state index in [1.807, 2.05) is 77.3 Å². The van der Waals surface area contributed by atoms with Crippen LogP contribution in [-0.2, 0) is 6.54 Å². The van der Waals surface area contributed by atoms with Gasteiger partial charge in [0, 0.05) is 29.7 Å². The molecule has 0 aliphatic heterocycles. The number of hydrogen-bond acceptors (Lipinski definition) is 7. The van der Waals surface area contributed by atoms with Crippen molar-refractivity contribution in [1.29, 1.82) is 0 Å². The molecule has 7 aromatic rings. The maximum Gasteiger partial charge on any atom is 0.227 e. The summed E-state index contributed by atoms with van der Waals surface area (Å²) >= 11 is 0.